The van der Waals surface area contributed by atoms with Gasteiger partial charge in [0.25, 0.3) is 0 Å². The lowest BCUT2D eigenvalue weighted by Crippen LogP contribution is -2.44. The van der Waals surface area contributed by atoms with Gasteiger partial charge in [-0.25, -0.2) is 9.37 Å². The Kier molecular flexibility index (Phi) is 6.89. The zero-order chi connectivity index (χ0) is 27.3. The van der Waals surface area contributed by atoms with Crippen molar-refractivity contribution >= 4 is 21.7 Å². The normalized spacial score (nSPS) is 27.3. The molecule has 38 heavy (non-hydrogen) atoms. The van der Waals surface area contributed by atoms with Gasteiger partial charge in [0.15, 0.2) is 5.76 Å². The van der Waals surface area contributed by atoms with Crippen molar-refractivity contribution in [1.82, 2.24) is 10.3 Å². The van der Waals surface area contributed by atoms with E-state index in [2.05, 4.69) is 16.3 Å². The molecule has 3 aliphatic rings. The van der Waals surface area contributed by atoms with Crippen molar-refractivity contribution in [3.63, 3.8) is 0 Å². The SMILES string of the molecule is CC(C)(C)c1nc([C@@H]2CC[C@H](F)C[C@H]2C(=O)NC2(C#N)CC2)c(-c2ccc(N3CC[SH](=N)(O)CC3)cc2)o1. The fourth-order valence-electron chi connectivity index (χ4n) is 5.44. The third-order valence-electron chi connectivity index (χ3n) is 8.07. The maximum atomic E-state index is 14.6. The zero-order valence-electron chi connectivity index (χ0n) is 22.3. The molecule has 8 nitrogen and oxygen atoms in total. The highest BCUT2D eigenvalue weighted by Gasteiger charge is 2.48. The molecule has 2 aliphatic carbocycles. The van der Waals surface area contributed by atoms with Crippen molar-refractivity contribution in [2.24, 2.45) is 5.92 Å². The Morgan fingerprint density at radius 2 is 1.92 bits per heavy atom. The van der Waals surface area contributed by atoms with Crippen LogP contribution in [0.2, 0.25) is 0 Å². The number of nitrogens with one attached hydrogen (secondary N) is 2. The van der Waals surface area contributed by atoms with Crippen LogP contribution in [0.15, 0.2) is 28.7 Å². The second-order valence-corrected chi connectivity index (χ2v) is 14.9. The molecule has 1 saturated heterocycles. The van der Waals surface area contributed by atoms with Crippen molar-refractivity contribution in [2.45, 2.75) is 75.9 Å². The lowest BCUT2D eigenvalue weighted by molar-refractivity contribution is -0.128. The molecule has 1 amide bonds. The molecule has 3 atom stereocenters. The third-order valence-corrected chi connectivity index (χ3v) is 9.95. The number of amides is 1. The average molecular weight is 544 g/mol. The molecule has 2 aromatic rings. The Balaban J connectivity index is 1.46. The van der Waals surface area contributed by atoms with E-state index in [-0.39, 0.29) is 23.7 Å². The molecule has 1 aliphatic heterocycles. The number of nitrogens with zero attached hydrogens (tertiary/aromatic N) is 3. The van der Waals surface area contributed by atoms with Gasteiger partial charge in [-0.1, -0.05) is 20.8 Å². The quantitative estimate of drug-likeness (QED) is 0.394. The average Bonchev–Trinajstić information content (AvgIpc) is 3.49. The largest absolute Gasteiger partial charge is 0.440 e. The fourth-order valence-corrected chi connectivity index (χ4v) is 6.81. The van der Waals surface area contributed by atoms with Crippen LogP contribution in [-0.4, -0.2) is 51.7 Å². The molecule has 3 fully saturated rings. The highest BCUT2D eigenvalue weighted by molar-refractivity contribution is 7.98. The number of carbonyl (C=O) groups is 1. The van der Waals surface area contributed by atoms with E-state index < -0.39 is 27.7 Å². The molecule has 1 aromatic heterocycles. The van der Waals surface area contributed by atoms with Crippen molar-refractivity contribution in [3.8, 4) is 17.4 Å². The minimum atomic E-state index is -2.51. The number of thiol groups is 1. The van der Waals surface area contributed by atoms with Crippen LogP contribution in [0.25, 0.3) is 11.3 Å². The summed E-state index contributed by atoms with van der Waals surface area (Å²) in [5, 5.41) is 12.4. The number of nitriles is 1. The van der Waals surface area contributed by atoms with Crippen LogP contribution in [0.3, 0.4) is 0 Å². The maximum absolute atomic E-state index is 14.6. The minimum absolute atomic E-state index is 0.105. The van der Waals surface area contributed by atoms with E-state index in [4.69, 9.17) is 14.2 Å². The second-order valence-electron chi connectivity index (χ2n) is 12.2. The van der Waals surface area contributed by atoms with Gasteiger partial charge in [-0.2, -0.15) is 5.26 Å². The summed E-state index contributed by atoms with van der Waals surface area (Å²) in [5.41, 5.74) is 1.37. The molecule has 0 radical (unpaired) electrons. The number of rotatable bonds is 5. The van der Waals surface area contributed by atoms with Crippen LogP contribution in [-0.2, 0) is 20.3 Å². The molecule has 10 heteroatoms. The highest BCUT2D eigenvalue weighted by atomic mass is 32.3. The first-order valence-electron chi connectivity index (χ1n) is 13.5. The predicted octanol–water partition coefficient (Wildman–Crippen LogP) is 4.97. The minimum Gasteiger partial charge on any atom is -0.440 e. The highest BCUT2D eigenvalue weighted by Crippen LogP contribution is 2.45. The van der Waals surface area contributed by atoms with Gasteiger partial charge in [-0.3, -0.25) is 9.57 Å². The van der Waals surface area contributed by atoms with E-state index in [9.17, 15) is 19.0 Å². The Hall–Kier alpha value is -2.77. The number of aromatic nitrogens is 1. The number of oxazole rings is 1. The van der Waals surface area contributed by atoms with Crippen LogP contribution in [0.5, 0.6) is 0 Å². The molecular weight excluding hydrogens is 505 g/mol. The number of hydrogen-bond acceptors (Lipinski definition) is 6. The number of carbonyl (C=O) groups excluding carboxylic acids is 1. The summed E-state index contributed by atoms with van der Waals surface area (Å²) < 4.78 is 39.0. The van der Waals surface area contributed by atoms with Crippen molar-refractivity contribution in [3.05, 3.63) is 35.9 Å². The smallest absolute Gasteiger partial charge is 0.225 e. The van der Waals surface area contributed by atoms with E-state index in [0.717, 1.165) is 11.3 Å². The first kappa shape index (κ1) is 26.8. The van der Waals surface area contributed by atoms with Gasteiger partial charge in [-0.15, -0.1) is 10.1 Å². The van der Waals surface area contributed by atoms with Gasteiger partial charge < -0.3 is 19.2 Å². The van der Waals surface area contributed by atoms with Gasteiger partial charge in [-0.05, 0) is 56.4 Å². The molecular formula is C28H38FN5O3S. The van der Waals surface area contributed by atoms with E-state index in [1.54, 1.807) is 0 Å². The Morgan fingerprint density at radius 1 is 1.26 bits per heavy atom. The van der Waals surface area contributed by atoms with E-state index in [1.165, 1.54) is 0 Å². The first-order valence-corrected chi connectivity index (χ1v) is 15.6. The van der Waals surface area contributed by atoms with Crippen molar-refractivity contribution in [1.29, 1.82) is 10.0 Å². The van der Waals surface area contributed by atoms with Gasteiger partial charge in [0.1, 0.15) is 11.7 Å². The molecule has 3 N–H and O–H groups in total. The summed E-state index contributed by atoms with van der Waals surface area (Å²) >= 11 is 0. The number of hydrogen-bond donors (Lipinski definition) is 4. The van der Waals surface area contributed by atoms with Crippen LogP contribution >= 0.6 is 0 Å². The van der Waals surface area contributed by atoms with Crippen molar-refractivity contribution < 1.29 is 18.2 Å². The number of anilines is 1. The van der Waals surface area contributed by atoms with Crippen LogP contribution < -0.4 is 10.2 Å². The molecule has 206 valence electrons. The predicted molar refractivity (Wildman–Crippen MR) is 147 cm³/mol. The number of halogens is 1. The van der Waals surface area contributed by atoms with Gasteiger partial charge in [0, 0.05) is 53.1 Å². The molecule has 0 unspecified atom stereocenters. The summed E-state index contributed by atoms with van der Waals surface area (Å²) in [7, 11) is -2.51. The fraction of sp³-hybridized carbons (Fsp3) is 0.607. The van der Waals surface area contributed by atoms with Crippen LogP contribution in [0, 0.1) is 22.0 Å². The number of benzene rings is 1. The maximum Gasteiger partial charge on any atom is 0.225 e. The molecule has 2 heterocycles. The third kappa shape index (κ3) is 5.50. The zero-order valence-corrected chi connectivity index (χ0v) is 23.2. The van der Waals surface area contributed by atoms with Crippen LogP contribution in [0.1, 0.15) is 70.4 Å². The second kappa shape index (κ2) is 9.76. The molecule has 5 rings (SSSR count). The van der Waals surface area contributed by atoms with Crippen molar-refractivity contribution in [2.75, 3.05) is 29.5 Å². The summed E-state index contributed by atoms with van der Waals surface area (Å²) in [6.07, 6.45) is 1.13. The Morgan fingerprint density at radius 3 is 2.50 bits per heavy atom. The molecule has 2 saturated carbocycles. The summed E-state index contributed by atoms with van der Waals surface area (Å²) in [6, 6.07) is 10.2. The van der Waals surface area contributed by atoms with Gasteiger partial charge in [0.2, 0.25) is 11.8 Å². The standard InChI is InChI=1S/C28H38FN5O3S/c1-27(2,3)26-32-23(21-9-6-19(29)16-22(21)25(35)33-28(17-30)10-11-28)24(37-26)18-4-7-20(8-5-18)34-12-14-38(31,36)15-13-34/h4-5,7-8,19,21-22,38H,6,9-16H2,1-3H3,(H2,31,36)(H,33,35)/t19-,21+,22+/m0/s1. The summed E-state index contributed by atoms with van der Waals surface area (Å²) in [5.74, 6) is 0.965. The molecule has 0 spiro atoms. The van der Waals surface area contributed by atoms with E-state index >= 15 is 0 Å². The lowest BCUT2D eigenvalue weighted by atomic mass is 9.75. The number of alkyl halides is 1. The van der Waals surface area contributed by atoms with E-state index in [1.807, 2.05) is 45.0 Å². The molecule has 1 aromatic carbocycles. The van der Waals surface area contributed by atoms with Gasteiger partial charge in [0.05, 0.1) is 11.8 Å². The topological polar surface area (TPSA) is 126 Å². The molecule has 0 bridgehead atoms. The van der Waals surface area contributed by atoms with Gasteiger partial charge >= 0.3 is 0 Å². The first-order chi connectivity index (χ1) is 17.9. The lowest BCUT2D eigenvalue weighted by Gasteiger charge is -2.36. The van der Waals surface area contributed by atoms with Crippen LogP contribution in [0.4, 0.5) is 10.1 Å². The Labute approximate surface area is 224 Å². The summed E-state index contributed by atoms with van der Waals surface area (Å²) in [4.78, 5) is 20.4. The van der Waals surface area contributed by atoms with E-state index in [0.29, 0.717) is 67.6 Å². The summed E-state index contributed by atoms with van der Waals surface area (Å²) in [6.45, 7) is 7.38. The monoisotopic (exact) mass is 543 g/mol. The Bertz CT molecular complexity index is 1280.